The molecule has 2 aromatic heterocycles. The molecule has 142 valence electrons. The van der Waals surface area contributed by atoms with Crippen LogP contribution in [0.4, 0.5) is 0 Å². The van der Waals surface area contributed by atoms with Crippen molar-refractivity contribution in [2.45, 2.75) is 45.2 Å². The van der Waals surface area contributed by atoms with E-state index in [0.717, 1.165) is 56.0 Å². The third kappa shape index (κ3) is 3.88. The van der Waals surface area contributed by atoms with Gasteiger partial charge in [-0.25, -0.2) is 14.0 Å². The highest BCUT2D eigenvalue weighted by Crippen LogP contribution is 2.22. The van der Waals surface area contributed by atoms with E-state index in [1.54, 1.807) is 9.25 Å². The first-order valence-electron chi connectivity index (χ1n) is 9.67. The summed E-state index contributed by atoms with van der Waals surface area (Å²) in [5.41, 5.74) is 1.98. The van der Waals surface area contributed by atoms with Gasteiger partial charge in [-0.05, 0) is 50.4 Å². The highest BCUT2D eigenvalue weighted by Gasteiger charge is 2.24. The number of nitrogens with zero attached hydrogens (tertiary/aromatic N) is 5. The van der Waals surface area contributed by atoms with Gasteiger partial charge >= 0.3 is 5.69 Å². The van der Waals surface area contributed by atoms with Gasteiger partial charge in [0.2, 0.25) is 0 Å². The quantitative estimate of drug-likeness (QED) is 0.725. The van der Waals surface area contributed by atoms with Crippen molar-refractivity contribution in [3.8, 4) is 5.69 Å². The number of hydrogen-bond acceptors (Lipinski definition) is 4. The standard InChI is InChI=1S/C20H26N6O/c1-16-13-22-24(15-16)11-6-12-25-20(27)26(18-8-3-2-4-9-18)19(23-25)17-7-5-10-21-14-17/h2-4,8-9,13,15,17,21H,5-7,10-12,14H2,1H3/t17-/m1/s1. The molecule has 0 bridgehead atoms. The van der Waals surface area contributed by atoms with Gasteiger partial charge in [-0.1, -0.05) is 18.2 Å². The lowest BCUT2D eigenvalue weighted by Gasteiger charge is -2.22. The van der Waals surface area contributed by atoms with Gasteiger partial charge in [-0.15, -0.1) is 0 Å². The Labute approximate surface area is 158 Å². The number of aryl methyl sites for hydroxylation is 3. The molecular weight excluding hydrogens is 340 g/mol. The Morgan fingerprint density at radius 2 is 2.07 bits per heavy atom. The predicted octanol–water partition coefficient (Wildman–Crippen LogP) is 2.10. The topological polar surface area (TPSA) is 69.7 Å². The Kier molecular flexibility index (Phi) is 5.20. The average molecular weight is 366 g/mol. The molecule has 0 unspecified atom stereocenters. The Morgan fingerprint density at radius 1 is 1.22 bits per heavy atom. The molecule has 27 heavy (non-hydrogen) atoms. The van der Waals surface area contributed by atoms with Gasteiger partial charge < -0.3 is 5.32 Å². The number of benzene rings is 1. The summed E-state index contributed by atoms with van der Waals surface area (Å²) in [5.74, 6) is 1.13. The van der Waals surface area contributed by atoms with Crippen molar-refractivity contribution >= 4 is 0 Å². The minimum absolute atomic E-state index is 0.0570. The Balaban J connectivity index is 1.60. The van der Waals surface area contributed by atoms with Crippen LogP contribution in [0.3, 0.4) is 0 Å². The summed E-state index contributed by atoms with van der Waals surface area (Å²) < 4.78 is 5.32. The lowest BCUT2D eigenvalue weighted by molar-refractivity contribution is 0.436. The first kappa shape index (κ1) is 17.7. The molecule has 1 saturated heterocycles. The minimum atomic E-state index is -0.0570. The van der Waals surface area contributed by atoms with Crippen molar-refractivity contribution in [2.24, 2.45) is 0 Å². The fourth-order valence-electron chi connectivity index (χ4n) is 3.70. The Hall–Kier alpha value is -2.67. The highest BCUT2D eigenvalue weighted by atomic mass is 16.2. The van der Waals surface area contributed by atoms with Crippen molar-refractivity contribution in [1.29, 1.82) is 0 Å². The van der Waals surface area contributed by atoms with Crippen LogP contribution in [-0.2, 0) is 13.1 Å². The van der Waals surface area contributed by atoms with E-state index < -0.39 is 0 Å². The van der Waals surface area contributed by atoms with E-state index in [9.17, 15) is 4.79 Å². The van der Waals surface area contributed by atoms with Gasteiger partial charge in [-0.2, -0.15) is 10.2 Å². The normalized spacial score (nSPS) is 17.3. The molecule has 0 spiro atoms. The van der Waals surface area contributed by atoms with Crippen LogP contribution < -0.4 is 11.0 Å². The third-order valence-corrected chi connectivity index (χ3v) is 5.06. The van der Waals surface area contributed by atoms with E-state index in [4.69, 9.17) is 5.10 Å². The molecule has 1 N–H and O–H groups in total. The summed E-state index contributed by atoms with van der Waals surface area (Å²) in [6.07, 6.45) is 6.85. The molecule has 3 aromatic rings. The molecule has 0 aliphatic carbocycles. The first-order valence-corrected chi connectivity index (χ1v) is 9.67. The van der Waals surface area contributed by atoms with Crippen molar-refractivity contribution < 1.29 is 0 Å². The van der Waals surface area contributed by atoms with Crippen LogP contribution in [0.15, 0.2) is 47.5 Å². The van der Waals surface area contributed by atoms with E-state index in [0.29, 0.717) is 6.54 Å². The molecular formula is C20H26N6O. The lowest BCUT2D eigenvalue weighted by atomic mass is 9.99. The number of piperidine rings is 1. The number of aromatic nitrogens is 5. The summed E-state index contributed by atoms with van der Waals surface area (Å²) in [7, 11) is 0. The van der Waals surface area contributed by atoms with Crippen LogP contribution in [0.1, 0.15) is 36.6 Å². The van der Waals surface area contributed by atoms with E-state index in [2.05, 4.69) is 10.4 Å². The number of para-hydroxylation sites is 1. The summed E-state index contributed by atoms with van der Waals surface area (Å²) in [6, 6.07) is 9.83. The maximum absolute atomic E-state index is 13.1. The molecule has 3 heterocycles. The highest BCUT2D eigenvalue weighted by molar-refractivity contribution is 5.33. The third-order valence-electron chi connectivity index (χ3n) is 5.06. The molecule has 4 rings (SSSR count). The molecule has 7 nitrogen and oxygen atoms in total. The average Bonchev–Trinajstić information content (AvgIpc) is 3.26. The van der Waals surface area contributed by atoms with Crippen LogP contribution >= 0.6 is 0 Å². The van der Waals surface area contributed by atoms with Gasteiger partial charge in [-0.3, -0.25) is 4.68 Å². The van der Waals surface area contributed by atoms with Crippen LogP contribution in [0.5, 0.6) is 0 Å². The number of rotatable bonds is 6. The van der Waals surface area contributed by atoms with E-state index >= 15 is 0 Å². The molecule has 0 amide bonds. The maximum Gasteiger partial charge on any atom is 0.350 e. The molecule has 0 saturated carbocycles. The second kappa shape index (κ2) is 7.92. The smallest absolute Gasteiger partial charge is 0.316 e. The fraction of sp³-hybridized carbons (Fsp3) is 0.450. The van der Waals surface area contributed by atoms with Crippen LogP contribution in [0, 0.1) is 6.92 Å². The molecule has 7 heteroatoms. The van der Waals surface area contributed by atoms with E-state index in [1.165, 1.54) is 0 Å². The van der Waals surface area contributed by atoms with Crippen LogP contribution in [-0.4, -0.2) is 37.2 Å². The van der Waals surface area contributed by atoms with E-state index in [1.807, 2.05) is 54.3 Å². The SMILES string of the molecule is Cc1cnn(CCCn2nc([C@@H]3CCCNC3)n(-c3ccccc3)c2=O)c1. The zero-order valence-corrected chi connectivity index (χ0v) is 15.7. The van der Waals surface area contributed by atoms with Crippen molar-refractivity contribution in [3.63, 3.8) is 0 Å². The zero-order chi connectivity index (χ0) is 18.6. The summed E-state index contributed by atoms with van der Waals surface area (Å²) >= 11 is 0. The van der Waals surface area contributed by atoms with Gasteiger partial charge in [0.05, 0.1) is 11.9 Å². The summed E-state index contributed by atoms with van der Waals surface area (Å²) in [5, 5.41) is 12.5. The second-order valence-electron chi connectivity index (χ2n) is 7.21. The molecule has 1 aromatic carbocycles. The fourth-order valence-corrected chi connectivity index (χ4v) is 3.70. The van der Waals surface area contributed by atoms with E-state index in [-0.39, 0.29) is 11.6 Å². The van der Waals surface area contributed by atoms with Gasteiger partial charge in [0, 0.05) is 31.7 Å². The Bertz CT molecular complexity index is 933. The number of hydrogen-bond donors (Lipinski definition) is 1. The van der Waals surface area contributed by atoms with Crippen molar-refractivity contribution in [2.75, 3.05) is 13.1 Å². The zero-order valence-electron chi connectivity index (χ0n) is 15.7. The Morgan fingerprint density at radius 3 is 2.78 bits per heavy atom. The molecule has 1 atom stereocenters. The second-order valence-corrected chi connectivity index (χ2v) is 7.21. The maximum atomic E-state index is 13.1. The minimum Gasteiger partial charge on any atom is -0.316 e. The lowest BCUT2D eigenvalue weighted by Crippen LogP contribution is -2.31. The van der Waals surface area contributed by atoms with Crippen molar-refractivity contribution in [1.82, 2.24) is 29.4 Å². The predicted molar refractivity (Wildman–Crippen MR) is 104 cm³/mol. The van der Waals surface area contributed by atoms with Gasteiger partial charge in [0.25, 0.3) is 0 Å². The monoisotopic (exact) mass is 366 g/mol. The molecule has 1 aliphatic rings. The molecule has 1 fully saturated rings. The number of nitrogens with one attached hydrogen (secondary N) is 1. The molecule has 1 aliphatic heterocycles. The first-order chi connectivity index (χ1) is 13.2. The van der Waals surface area contributed by atoms with Crippen LogP contribution in [0.25, 0.3) is 5.69 Å². The largest absolute Gasteiger partial charge is 0.350 e. The van der Waals surface area contributed by atoms with Gasteiger partial charge in [0.15, 0.2) is 0 Å². The molecule has 0 radical (unpaired) electrons. The van der Waals surface area contributed by atoms with Crippen molar-refractivity contribution in [3.05, 3.63) is 64.6 Å². The van der Waals surface area contributed by atoms with Crippen LogP contribution in [0.2, 0.25) is 0 Å². The van der Waals surface area contributed by atoms with Gasteiger partial charge in [0.1, 0.15) is 5.82 Å². The summed E-state index contributed by atoms with van der Waals surface area (Å²) in [6.45, 7) is 5.30. The summed E-state index contributed by atoms with van der Waals surface area (Å²) in [4.78, 5) is 13.1.